The van der Waals surface area contributed by atoms with E-state index in [1.165, 1.54) is 38.5 Å². The number of likely N-dealkylation sites (tertiary alicyclic amines) is 1. The predicted molar refractivity (Wildman–Crippen MR) is 129 cm³/mol. The molecule has 0 atom stereocenters. The molecule has 0 unspecified atom stereocenters. The first kappa shape index (κ1) is 22.8. The van der Waals surface area contributed by atoms with Crippen LogP contribution in [0.15, 0.2) is 42.6 Å². The number of carbonyl (C=O) groups excluding carboxylic acids is 1. The summed E-state index contributed by atoms with van der Waals surface area (Å²) < 4.78 is 6.02. The smallest absolute Gasteiger partial charge is 0.226 e. The highest BCUT2D eigenvalue weighted by Crippen LogP contribution is 2.27. The van der Waals surface area contributed by atoms with Crippen molar-refractivity contribution in [2.75, 3.05) is 33.3 Å². The Hall–Kier alpha value is -2.40. The molecule has 0 radical (unpaired) electrons. The number of nitrogens with one attached hydrogen (secondary N) is 1. The third kappa shape index (κ3) is 6.80. The van der Waals surface area contributed by atoms with Gasteiger partial charge in [0, 0.05) is 24.0 Å². The molecule has 172 valence electrons. The van der Waals surface area contributed by atoms with E-state index in [1.807, 2.05) is 30.5 Å². The van der Waals surface area contributed by atoms with Crippen LogP contribution in [-0.4, -0.2) is 49.1 Å². The van der Waals surface area contributed by atoms with Crippen LogP contribution in [0.4, 0.5) is 0 Å². The second kappa shape index (κ2) is 11.5. The van der Waals surface area contributed by atoms with Crippen molar-refractivity contribution < 1.29 is 9.53 Å². The number of nitrogens with zero attached hydrogens (tertiary/aromatic N) is 2. The lowest BCUT2D eigenvalue weighted by molar-refractivity contribution is -0.120. The summed E-state index contributed by atoms with van der Waals surface area (Å²) in [6.07, 6.45) is 11.1. The van der Waals surface area contributed by atoms with Crippen molar-refractivity contribution >= 4 is 5.91 Å². The minimum absolute atomic E-state index is 0.0642. The monoisotopic (exact) mass is 435 g/mol. The van der Waals surface area contributed by atoms with Crippen LogP contribution >= 0.6 is 0 Å². The number of benzene rings is 1. The molecule has 1 N–H and O–H groups in total. The zero-order valence-electron chi connectivity index (χ0n) is 19.4. The largest absolute Gasteiger partial charge is 0.493 e. The van der Waals surface area contributed by atoms with Crippen molar-refractivity contribution in [3.8, 4) is 16.9 Å². The minimum Gasteiger partial charge on any atom is -0.493 e. The Bertz CT molecular complexity index is 836. The molecule has 32 heavy (non-hydrogen) atoms. The van der Waals surface area contributed by atoms with Crippen molar-refractivity contribution in [3.05, 3.63) is 48.3 Å². The molecular weight excluding hydrogens is 398 g/mol. The Morgan fingerprint density at radius 2 is 1.72 bits per heavy atom. The maximum Gasteiger partial charge on any atom is 0.226 e. The van der Waals surface area contributed by atoms with E-state index in [9.17, 15) is 4.79 Å². The number of ether oxygens (including phenoxy) is 1. The van der Waals surface area contributed by atoms with E-state index < -0.39 is 0 Å². The highest BCUT2D eigenvalue weighted by atomic mass is 16.5. The molecule has 1 aromatic heterocycles. The predicted octanol–water partition coefficient (Wildman–Crippen LogP) is 4.71. The van der Waals surface area contributed by atoms with Crippen molar-refractivity contribution in [1.82, 2.24) is 15.2 Å². The zero-order valence-corrected chi connectivity index (χ0v) is 19.4. The fourth-order valence-corrected chi connectivity index (χ4v) is 4.83. The Morgan fingerprint density at radius 1 is 1.00 bits per heavy atom. The van der Waals surface area contributed by atoms with Crippen LogP contribution in [0.2, 0.25) is 0 Å². The van der Waals surface area contributed by atoms with Crippen molar-refractivity contribution in [2.24, 2.45) is 11.8 Å². The first-order valence-corrected chi connectivity index (χ1v) is 12.3. The number of amides is 1. The van der Waals surface area contributed by atoms with E-state index in [0.717, 1.165) is 61.2 Å². The summed E-state index contributed by atoms with van der Waals surface area (Å²) >= 11 is 0. The van der Waals surface area contributed by atoms with Gasteiger partial charge in [0.2, 0.25) is 5.91 Å². The van der Waals surface area contributed by atoms with Crippen LogP contribution in [0.1, 0.15) is 50.6 Å². The van der Waals surface area contributed by atoms with Gasteiger partial charge in [-0.15, -0.1) is 0 Å². The molecule has 0 spiro atoms. The Morgan fingerprint density at radius 3 is 2.41 bits per heavy atom. The first-order chi connectivity index (χ1) is 15.7. The fraction of sp³-hybridized carbons (Fsp3) is 0.556. The second-order valence-electron chi connectivity index (χ2n) is 9.59. The number of piperidine rings is 1. The van der Waals surface area contributed by atoms with Gasteiger partial charge in [0.1, 0.15) is 5.75 Å². The van der Waals surface area contributed by atoms with Crippen LogP contribution in [-0.2, 0) is 11.2 Å². The standard InChI is InChI=1S/C27H37N3O2/c1-30-16-13-22(14-17-30)20-32-26-10-7-23(8-11-26)24-6-9-25(29-19-24)18-27(31)28-15-12-21-4-2-3-5-21/h6-11,19,21-22H,2-5,12-18,20H2,1H3,(H,28,31). The summed E-state index contributed by atoms with van der Waals surface area (Å²) in [6, 6.07) is 12.2. The summed E-state index contributed by atoms with van der Waals surface area (Å²) in [5.74, 6) is 2.45. The number of hydrogen-bond donors (Lipinski definition) is 1. The fourth-order valence-electron chi connectivity index (χ4n) is 4.83. The van der Waals surface area contributed by atoms with E-state index in [-0.39, 0.29) is 5.91 Å². The summed E-state index contributed by atoms with van der Waals surface area (Å²) in [7, 11) is 2.18. The molecule has 5 nitrogen and oxygen atoms in total. The molecule has 2 heterocycles. The Kier molecular flexibility index (Phi) is 8.16. The number of hydrogen-bond acceptors (Lipinski definition) is 4. The molecule has 1 saturated heterocycles. The summed E-state index contributed by atoms with van der Waals surface area (Å²) in [4.78, 5) is 19.1. The number of carbonyl (C=O) groups is 1. The summed E-state index contributed by atoms with van der Waals surface area (Å²) in [6.45, 7) is 3.91. The van der Waals surface area contributed by atoms with Gasteiger partial charge in [-0.1, -0.05) is 43.9 Å². The lowest BCUT2D eigenvalue weighted by atomic mass is 9.98. The van der Waals surface area contributed by atoms with Crippen molar-refractivity contribution in [1.29, 1.82) is 0 Å². The molecule has 2 fully saturated rings. The maximum absolute atomic E-state index is 12.2. The Labute approximate surface area is 192 Å². The van der Waals surface area contributed by atoms with Crippen LogP contribution in [0.25, 0.3) is 11.1 Å². The minimum atomic E-state index is 0.0642. The maximum atomic E-state index is 12.2. The van der Waals surface area contributed by atoms with Gasteiger partial charge in [-0.2, -0.15) is 0 Å². The first-order valence-electron chi connectivity index (χ1n) is 12.3. The zero-order chi connectivity index (χ0) is 22.2. The molecule has 1 aromatic carbocycles. The Balaban J connectivity index is 1.21. The topological polar surface area (TPSA) is 54.5 Å². The van der Waals surface area contributed by atoms with E-state index in [0.29, 0.717) is 12.3 Å². The van der Waals surface area contributed by atoms with Crippen molar-refractivity contribution in [2.45, 2.75) is 51.4 Å². The number of aromatic nitrogens is 1. The van der Waals surface area contributed by atoms with Gasteiger partial charge in [0.15, 0.2) is 0 Å². The van der Waals surface area contributed by atoms with Gasteiger partial charge in [0.25, 0.3) is 0 Å². The highest BCUT2D eigenvalue weighted by Gasteiger charge is 2.17. The van der Waals surface area contributed by atoms with Crippen molar-refractivity contribution in [3.63, 3.8) is 0 Å². The molecular formula is C27H37N3O2. The third-order valence-corrected chi connectivity index (χ3v) is 7.03. The SMILES string of the molecule is CN1CCC(COc2ccc(-c3ccc(CC(=O)NCCC4CCCC4)nc3)cc2)CC1. The lowest BCUT2D eigenvalue weighted by Crippen LogP contribution is -2.32. The molecule has 1 aliphatic carbocycles. The summed E-state index contributed by atoms with van der Waals surface area (Å²) in [5.41, 5.74) is 2.97. The average molecular weight is 436 g/mol. The number of rotatable bonds is 9. The van der Waals surface area contributed by atoms with Gasteiger partial charge < -0.3 is 15.0 Å². The van der Waals surface area contributed by atoms with E-state index >= 15 is 0 Å². The molecule has 4 rings (SSSR count). The van der Waals surface area contributed by atoms with E-state index in [1.54, 1.807) is 0 Å². The summed E-state index contributed by atoms with van der Waals surface area (Å²) in [5, 5.41) is 3.05. The lowest BCUT2D eigenvalue weighted by Gasteiger charge is -2.28. The molecule has 0 bridgehead atoms. The van der Waals surface area contributed by atoms with E-state index in [2.05, 4.69) is 34.4 Å². The van der Waals surface area contributed by atoms with E-state index in [4.69, 9.17) is 4.74 Å². The van der Waals surface area contributed by atoms with Crippen LogP contribution < -0.4 is 10.1 Å². The quantitative estimate of drug-likeness (QED) is 0.620. The van der Waals surface area contributed by atoms with Gasteiger partial charge in [-0.05, 0) is 75.0 Å². The molecule has 5 heteroatoms. The third-order valence-electron chi connectivity index (χ3n) is 7.03. The van der Waals surface area contributed by atoms with Crippen LogP contribution in [0.5, 0.6) is 5.75 Å². The van der Waals surface area contributed by atoms with Gasteiger partial charge >= 0.3 is 0 Å². The number of pyridine rings is 1. The molecule has 1 aliphatic heterocycles. The average Bonchev–Trinajstić information content (AvgIpc) is 3.33. The normalized spacial score (nSPS) is 18.0. The molecule has 1 saturated carbocycles. The van der Waals surface area contributed by atoms with Crippen LogP contribution in [0.3, 0.4) is 0 Å². The van der Waals surface area contributed by atoms with Gasteiger partial charge in [-0.3, -0.25) is 9.78 Å². The van der Waals surface area contributed by atoms with Crippen LogP contribution in [0, 0.1) is 11.8 Å². The van der Waals surface area contributed by atoms with Gasteiger partial charge in [-0.25, -0.2) is 0 Å². The van der Waals surface area contributed by atoms with Gasteiger partial charge in [0.05, 0.1) is 13.0 Å². The highest BCUT2D eigenvalue weighted by molar-refractivity contribution is 5.78. The molecule has 2 aliphatic rings. The molecule has 2 aromatic rings. The second-order valence-corrected chi connectivity index (χ2v) is 9.59. The molecule has 1 amide bonds.